The monoisotopic (exact) mass is 280 g/mol. The van der Waals surface area contributed by atoms with Crippen LogP contribution in [0.4, 0.5) is 0 Å². The summed E-state index contributed by atoms with van der Waals surface area (Å²) in [7, 11) is 0. The van der Waals surface area contributed by atoms with Gasteiger partial charge in [-0.05, 0) is 56.9 Å². The second kappa shape index (κ2) is 7.26. The van der Waals surface area contributed by atoms with E-state index in [0.29, 0.717) is 5.54 Å². The van der Waals surface area contributed by atoms with Gasteiger partial charge >= 0.3 is 0 Å². The van der Waals surface area contributed by atoms with Gasteiger partial charge in [-0.1, -0.05) is 40.0 Å². The van der Waals surface area contributed by atoms with Crippen LogP contribution in [0.1, 0.15) is 78.6 Å². The maximum absolute atomic E-state index is 6.33. The average Bonchev–Trinajstić information content (AvgIpc) is 3.23. The number of hydrogen-bond donors (Lipinski definition) is 1. The van der Waals surface area contributed by atoms with Gasteiger partial charge in [-0.15, -0.1) is 0 Å². The summed E-state index contributed by atoms with van der Waals surface area (Å²) in [6.07, 6.45) is 12.4. The Bertz CT molecular complexity index is 285. The van der Waals surface area contributed by atoms with Crippen LogP contribution in [0.25, 0.3) is 0 Å². The van der Waals surface area contributed by atoms with Gasteiger partial charge in [0.15, 0.2) is 0 Å². The third-order valence-electron chi connectivity index (χ3n) is 5.46. The fourth-order valence-corrected chi connectivity index (χ4v) is 4.41. The van der Waals surface area contributed by atoms with E-state index in [9.17, 15) is 0 Å². The molecule has 2 unspecified atom stereocenters. The minimum Gasteiger partial charge on any atom is -0.329 e. The molecule has 0 radical (unpaired) electrons. The van der Waals surface area contributed by atoms with Gasteiger partial charge in [0.25, 0.3) is 0 Å². The molecule has 2 aliphatic carbocycles. The van der Waals surface area contributed by atoms with Crippen LogP contribution in [0.15, 0.2) is 0 Å². The number of nitrogens with zero attached hydrogens (tertiary/aromatic N) is 1. The largest absolute Gasteiger partial charge is 0.329 e. The molecular weight excluding hydrogens is 244 g/mol. The van der Waals surface area contributed by atoms with Gasteiger partial charge < -0.3 is 5.73 Å². The quantitative estimate of drug-likeness (QED) is 0.722. The Morgan fingerprint density at radius 3 is 2.55 bits per heavy atom. The molecule has 2 atom stereocenters. The van der Waals surface area contributed by atoms with Gasteiger partial charge in [0, 0.05) is 18.1 Å². The first-order valence-electron chi connectivity index (χ1n) is 9.08. The highest BCUT2D eigenvalue weighted by Crippen LogP contribution is 2.43. The average molecular weight is 280 g/mol. The van der Waals surface area contributed by atoms with Crippen molar-refractivity contribution in [1.82, 2.24) is 4.90 Å². The lowest BCUT2D eigenvalue weighted by molar-refractivity contribution is 0.0234. The van der Waals surface area contributed by atoms with Gasteiger partial charge in [0.2, 0.25) is 0 Å². The molecule has 0 amide bonds. The molecule has 20 heavy (non-hydrogen) atoms. The fraction of sp³-hybridized carbons (Fsp3) is 1.00. The zero-order valence-electron chi connectivity index (χ0n) is 14.0. The van der Waals surface area contributed by atoms with Crippen LogP contribution in [0.3, 0.4) is 0 Å². The molecule has 0 bridgehead atoms. The van der Waals surface area contributed by atoms with Crippen molar-refractivity contribution in [3.8, 4) is 0 Å². The molecular formula is C18H36N2. The number of rotatable bonds is 8. The van der Waals surface area contributed by atoms with Crippen molar-refractivity contribution >= 4 is 0 Å². The van der Waals surface area contributed by atoms with Gasteiger partial charge in [0.05, 0.1) is 0 Å². The van der Waals surface area contributed by atoms with Crippen LogP contribution in [0, 0.1) is 11.8 Å². The van der Waals surface area contributed by atoms with E-state index in [1.54, 1.807) is 0 Å². The van der Waals surface area contributed by atoms with Gasteiger partial charge in [0.1, 0.15) is 0 Å². The SMILES string of the molecule is CCCCN(C1CC1)C1(CN)CCCC(CC(C)C)C1. The summed E-state index contributed by atoms with van der Waals surface area (Å²) < 4.78 is 0. The summed E-state index contributed by atoms with van der Waals surface area (Å²) in [5.41, 5.74) is 6.67. The minimum atomic E-state index is 0.341. The first-order chi connectivity index (χ1) is 9.61. The Labute approximate surface area is 126 Å². The third-order valence-corrected chi connectivity index (χ3v) is 5.46. The van der Waals surface area contributed by atoms with Crippen LogP contribution in [-0.4, -0.2) is 29.6 Å². The van der Waals surface area contributed by atoms with E-state index in [0.717, 1.165) is 24.4 Å². The summed E-state index contributed by atoms with van der Waals surface area (Å²) in [4.78, 5) is 2.85. The summed E-state index contributed by atoms with van der Waals surface area (Å²) in [6, 6.07) is 0.864. The maximum Gasteiger partial charge on any atom is 0.0337 e. The Balaban J connectivity index is 2.04. The Kier molecular flexibility index (Phi) is 5.92. The summed E-state index contributed by atoms with van der Waals surface area (Å²) in [5, 5.41) is 0. The smallest absolute Gasteiger partial charge is 0.0337 e. The number of unbranched alkanes of at least 4 members (excludes halogenated alkanes) is 1. The molecule has 0 aromatic heterocycles. The van der Waals surface area contributed by atoms with Crippen LogP contribution in [-0.2, 0) is 0 Å². The summed E-state index contributed by atoms with van der Waals surface area (Å²) in [5.74, 6) is 1.74. The molecule has 2 nitrogen and oxygen atoms in total. The van der Waals surface area contributed by atoms with Crippen LogP contribution < -0.4 is 5.73 Å². The van der Waals surface area contributed by atoms with Crippen LogP contribution >= 0.6 is 0 Å². The van der Waals surface area contributed by atoms with Crippen LogP contribution in [0.2, 0.25) is 0 Å². The normalized spacial score (nSPS) is 31.2. The topological polar surface area (TPSA) is 29.3 Å². The lowest BCUT2D eigenvalue weighted by Crippen LogP contribution is -2.57. The van der Waals surface area contributed by atoms with Crippen molar-refractivity contribution < 1.29 is 0 Å². The van der Waals surface area contributed by atoms with Crippen molar-refractivity contribution in [2.45, 2.75) is 90.1 Å². The maximum atomic E-state index is 6.33. The van der Waals surface area contributed by atoms with E-state index in [1.165, 1.54) is 64.3 Å². The molecule has 0 saturated heterocycles. The lowest BCUT2D eigenvalue weighted by Gasteiger charge is -2.49. The summed E-state index contributed by atoms with van der Waals surface area (Å²) >= 11 is 0. The highest BCUT2D eigenvalue weighted by Gasteiger charge is 2.45. The molecule has 2 N–H and O–H groups in total. The van der Waals surface area contributed by atoms with E-state index < -0.39 is 0 Å². The predicted octanol–water partition coefficient (Wildman–Crippen LogP) is 4.18. The van der Waals surface area contributed by atoms with Crippen molar-refractivity contribution in [2.24, 2.45) is 17.6 Å². The zero-order valence-corrected chi connectivity index (χ0v) is 14.0. The third kappa shape index (κ3) is 3.98. The molecule has 0 aromatic rings. The molecule has 0 aromatic carbocycles. The zero-order chi connectivity index (χ0) is 14.6. The molecule has 0 spiro atoms. The molecule has 0 aliphatic heterocycles. The molecule has 2 heteroatoms. The van der Waals surface area contributed by atoms with Crippen LogP contribution in [0.5, 0.6) is 0 Å². The summed E-state index contributed by atoms with van der Waals surface area (Å²) in [6.45, 7) is 9.21. The van der Waals surface area contributed by atoms with Crippen molar-refractivity contribution in [2.75, 3.05) is 13.1 Å². The highest BCUT2D eigenvalue weighted by molar-refractivity contribution is 5.02. The first kappa shape index (κ1) is 16.3. The number of nitrogens with two attached hydrogens (primary N) is 1. The van der Waals surface area contributed by atoms with Gasteiger partial charge in [-0.2, -0.15) is 0 Å². The second-order valence-corrected chi connectivity index (χ2v) is 7.80. The molecule has 2 aliphatic rings. The number of hydrogen-bond acceptors (Lipinski definition) is 2. The van der Waals surface area contributed by atoms with E-state index >= 15 is 0 Å². The molecule has 2 fully saturated rings. The Morgan fingerprint density at radius 2 is 2.00 bits per heavy atom. The predicted molar refractivity (Wildman–Crippen MR) is 87.8 cm³/mol. The van der Waals surface area contributed by atoms with E-state index in [-0.39, 0.29) is 0 Å². The highest BCUT2D eigenvalue weighted by atomic mass is 15.3. The fourth-order valence-electron chi connectivity index (χ4n) is 4.41. The first-order valence-corrected chi connectivity index (χ1v) is 9.08. The molecule has 118 valence electrons. The van der Waals surface area contributed by atoms with Gasteiger partial charge in [-0.25, -0.2) is 0 Å². The standard InChI is InChI=1S/C18H36N2/c1-4-5-11-20(17-8-9-17)18(14-19)10-6-7-16(13-18)12-15(2)3/h15-17H,4-14,19H2,1-3H3. The van der Waals surface area contributed by atoms with Crippen molar-refractivity contribution in [1.29, 1.82) is 0 Å². The molecule has 2 saturated carbocycles. The Hall–Kier alpha value is -0.0800. The molecule has 2 rings (SSSR count). The van der Waals surface area contributed by atoms with E-state index in [2.05, 4.69) is 25.7 Å². The van der Waals surface area contributed by atoms with E-state index in [1.807, 2.05) is 0 Å². The minimum absolute atomic E-state index is 0.341. The van der Waals surface area contributed by atoms with Gasteiger partial charge in [-0.3, -0.25) is 4.90 Å². The van der Waals surface area contributed by atoms with E-state index in [4.69, 9.17) is 5.73 Å². The second-order valence-electron chi connectivity index (χ2n) is 7.80. The Morgan fingerprint density at radius 1 is 1.25 bits per heavy atom. The lowest BCUT2D eigenvalue weighted by atomic mass is 9.72. The van der Waals surface area contributed by atoms with Crippen molar-refractivity contribution in [3.05, 3.63) is 0 Å². The molecule has 0 heterocycles. The van der Waals surface area contributed by atoms with Crippen molar-refractivity contribution in [3.63, 3.8) is 0 Å².